The van der Waals surface area contributed by atoms with Crippen LogP contribution in [0.2, 0.25) is 0 Å². The number of carbonyl (C=O) groups is 1. The van der Waals surface area contributed by atoms with Crippen molar-refractivity contribution in [2.24, 2.45) is 17.8 Å². The van der Waals surface area contributed by atoms with Gasteiger partial charge in [-0.1, -0.05) is 6.92 Å². The average Bonchev–Trinajstić information content (AvgIpc) is 2.92. The van der Waals surface area contributed by atoms with Crippen LogP contribution >= 0.6 is 0 Å². The molecule has 19 heavy (non-hydrogen) atoms. The normalized spacial score (nSPS) is 39.2. The van der Waals surface area contributed by atoms with Gasteiger partial charge in [0.2, 0.25) is 5.91 Å². The summed E-state index contributed by atoms with van der Waals surface area (Å²) in [5.74, 6) is 2.65. The Kier molecular flexibility index (Phi) is 4.08. The fourth-order valence-corrected chi connectivity index (χ4v) is 3.96. The molecule has 2 aliphatic heterocycles. The Morgan fingerprint density at radius 1 is 1.16 bits per heavy atom. The van der Waals surface area contributed by atoms with Crippen molar-refractivity contribution in [2.75, 3.05) is 32.7 Å². The van der Waals surface area contributed by atoms with Crippen molar-refractivity contribution in [3.63, 3.8) is 0 Å². The summed E-state index contributed by atoms with van der Waals surface area (Å²) in [6.45, 7) is 7.42. The molecule has 0 spiro atoms. The van der Waals surface area contributed by atoms with Gasteiger partial charge in [0.1, 0.15) is 0 Å². The Balaban J connectivity index is 1.39. The third-order valence-corrected chi connectivity index (χ3v) is 5.21. The number of nitrogens with one attached hydrogen (secondary N) is 2. The first-order valence-electron chi connectivity index (χ1n) is 7.93. The third kappa shape index (κ3) is 3.29. The van der Waals surface area contributed by atoms with E-state index in [2.05, 4.69) is 22.5 Å². The molecule has 0 aromatic heterocycles. The lowest BCUT2D eigenvalue weighted by atomic mass is 9.87. The lowest BCUT2D eigenvalue weighted by molar-refractivity contribution is -0.123. The van der Waals surface area contributed by atoms with E-state index in [1.807, 2.05) is 0 Å². The Labute approximate surface area is 116 Å². The van der Waals surface area contributed by atoms with Crippen LogP contribution in [-0.4, -0.2) is 49.6 Å². The van der Waals surface area contributed by atoms with Gasteiger partial charge in [0.15, 0.2) is 0 Å². The maximum absolute atomic E-state index is 12.1. The van der Waals surface area contributed by atoms with Crippen molar-refractivity contribution in [1.82, 2.24) is 15.5 Å². The molecule has 2 heterocycles. The second kappa shape index (κ2) is 5.80. The van der Waals surface area contributed by atoms with E-state index in [9.17, 15) is 4.79 Å². The fraction of sp³-hybridized carbons (Fsp3) is 0.933. The Morgan fingerprint density at radius 2 is 1.79 bits per heavy atom. The molecular formula is C15H27N3O. The van der Waals surface area contributed by atoms with Crippen molar-refractivity contribution in [2.45, 2.75) is 38.6 Å². The van der Waals surface area contributed by atoms with E-state index >= 15 is 0 Å². The lowest BCUT2D eigenvalue weighted by Crippen LogP contribution is -2.43. The molecule has 0 bridgehead atoms. The van der Waals surface area contributed by atoms with Crippen LogP contribution in [0.15, 0.2) is 0 Å². The van der Waals surface area contributed by atoms with Gasteiger partial charge in [0.25, 0.3) is 0 Å². The summed E-state index contributed by atoms with van der Waals surface area (Å²) in [6.07, 6.45) is 4.87. The number of hydrogen-bond acceptors (Lipinski definition) is 3. The topological polar surface area (TPSA) is 44.4 Å². The molecule has 0 aromatic carbocycles. The molecule has 1 saturated carbocycles. The predicted molar refractivity (Wildman–Crippen MR) is 75.9 cm³/mol. The van der Waals surface area contributed by atoms with Crippen LogP contribution in [0, 0.1) is 17.8 Å². The molecule has 2 saturated heterocycles. The van der Waals surface area contributed by atoms with Crippen molar-refractivity contribution in [3.8, 4) is 0 Å². The standard InChI is InChI=1S/C15H27N3O/c1-11-2-4-14(5-3-11)17-15(19)10-18-8-12-6-16-7-13(12)9-18/h11-14,16H,2-10H2,1H3,(H,17,19)/t11?,12-,13+,14?. The van der Waals surface area contributed by atoms with Gasteiger partial charge in [-0.25, -0.2) is 0 Å². The number of amides is 1. The monoisotopic (exact) mass is 265 g/mol. The van der Waals surface area contributed by atoms with Gasteiger partial charge in [-0.05, 0) is 56.5 Å². The quantitative estimate of drug-likeness (QED) is 0.794. The highest BCUT2D eigenvalue weighted by molar-refractivity contribution is 5.78. The summed E-state index contributed by atoms with van der Waals surface area (Å²) in [5.41, 5.74) is 0. The van der Waals surface area contributed by atoms with Crippen LogP contribution in [0.25, 0.3) is 0 Å². The minimum atomic E-state index is 0.243. The van der Waals surface area contributed by atoms with Gasteiger partial charge < -0.3 is 10.6 Å². The molecule has 0 unspecified atom stereocenters. The van der Waals surface area contributed by atoms with Crippen molar-refractivity contribution in [1.29, 1.82) is 0 Å². The first-order chi connectivity index (χ1) is 9.20. The number of rotatable bonds is 3. The molecule has 2 atom stereocenters. The summed E-state index contributed by atoms with van der Waals surface area (Å²) in [6, 6.07) is 0.437. The van der Waals surface area contributed by atoms with E-state index < -0.39 is 0 Å². The van der Waals surface area contributed by atoms with E-state index in [0.717, 1.165) is 43.9 Å². The first kappa shape index (κ1) is 13.4. The van der Waals surface area contributed by atoms with Crippen molar-refractivity contribution < 1.29 is 4.79 Å². The van der Waals surface area contributed by atoms with Crippen molar-refractivity contribution >= 4 is 5.91 Å². The number of hydrogen-bond donors (Lipinski definition) is 2. The highest BCUT2D eigenvalue weighted by Crippen LogP contribution is 2.26. The highest BCUT2D eigenvalue weighted by Gasteiger charge is 2.36. The molecule has 4 heteroatoms. The van der Waals surface area contributed by atoms with Gasteiger partial charge in [0, 0.05) is 19.1 Å². The summed E-state index contributed by atoms with van der Waals surface area (Å²) in [7, 11) is 0. The van der Waals surface area contributed by atoms with Crippen LogP contribution in [0.5, 0.6) is 0 Å². The first-order valence-corrected chi connectivity index (χ1v) is 7.93. The van der Waals surface area contributed by atoms with Crippen LogP contribution in [0.1, 0.15) is 32.6 Å². The molecule has 0 aromatic rings. The molecule has 2 N–H and O–H groups in total. The molecule has 108 valence electrons. The zero-order valence-electron chi connectivity index (χ0n) is 12.0. The molecular weight excluding hydrogens is 238 g/mol. The van der Waals surface area contributed by atoms with Gasteiger partial charge in [-0.15, -0.1) is 0 Å². The van der Waals surface area contributed by atoms with E-state index in [4.69, 9.17) is 0 Å². The molecule has 1 aliphatic carbocycles. The van der Waals surface area contributed by atoms with Crippen LogP contribution in [0.3, 0.4) is 0 Å². The Morgan fingerprint density at radius 3 is 2.42 bits per heavy atom. The van der Waals surface area contributed by atoms with Gasteiger partial charge in [0.05, 0.1) is 6.54 Å². The highest BCUT2D eigenvalue weighted by atomic mass is 16.2. The zero-order valence-corrected chi connectivity index (χ0v) is 12.0. The predicted octanol–water partition coefficient (Wildman–Crippen LogP) is 0.833. The largest absolute Gasteiger partial charge is 0.352 e. The summed E-state index contributed by atoms with van der Waals surface area (Å²) in [4.78, 5) is 14.4. The fourth-order valence-electron chi connectivity index (χ4n) is 3.96. The zero-order chi connectivity index (χ0) is 13.2. The Hall–Kier alpha value is -0.610. The van der Waals surface area contributed by atoms with Crippen LogP contribution < -0.4 is 10.6 Å². The van der Waals surface area contributed by atoms with E-state index in [0.29, 0.717) is 12.6 Å². The molecule has 1 amide bonds. The number of nitrogens with zero attached hydrogens (tertiary/aromatic N) is 1. The second-order valence-corrected chi connectivity index (χ2v) is 6.90. The maximum atomic E-state index is 12.1. The molecule has 4 nitrogen and oxygen atoms in total. The molecule has 0 radical (unpaired) electrons. The van der Waals surface area contributed by atoms with Crippen LogP contribution in [0.4, 0.5) is 0 Å². The smallest absolute Gasteiger partial charge is 0.234 e. The second-order valence-electron chi connectivity index (χ2n) is 6.90. The lowest BCUT2D eigenvalue weighted by Gasteiger charge is -2.27. The average molecular weight is 265 g/mol. The van der Waals surface area contributed by atoms with Crippen LogP contribution in [-0.2, 0) is 4.79 Å². The Bertz CT molecular complexity index is 313. The van der Waals surface area contributed by atoms with Gasteiger partial charge in [-0.3, -0.25) is 9.69 Å². The maximum Gasteiger partial charge on any atom is 0.234 e. The number of fused-ring (bicyclic) bond motifs is 1. The van der Waals surface area contributed by atoms with E-state index in [1.165, 1.54) is 25.7 Å². The molecule has 3 fully saturated rings. The third-order valence-electron chi connectivity index (χ3n) is 5.21. The van der Waals surface area contributed by atoms with Gasteiger partial charge in [-0.2, -0.15) is 0 Å². The molecule has 3 rings (SSSR count). The van der Waals surface area contributed by atoms with Crippen molar-refractivity contribution in [3.05, 3.63) is 0 Å². The molecule has 3 aliphatic rings. The minimum absolute atomic E-state index is 0.243. The van der Waals surface area contributed by atoms with Gasteiger partial charge >= 0.3 is 0 Å². The summed E-state index contributed by atoms with van der Waals surface area (Å²) < 4.78 is 0. The SMILES string of the molecule is CC1CCC(NC(=O)CN2C[C@H]3CNC[C@H]3C2)CC1. The summed E-state index contributed by atoms with van der Waals surface area (Å²) in [5, 5.41) is 6.68. The minimum Gasteiger partial charge on any atom is -0.352 e. The number of likely N-dealkylation sites (tertiary alicyclic amines) is 1. The summed E-state index contributed by atoms with van der Waals surface area (Å²) >= 11 is 0. The van der Waals surface area contributed by atoms with E-state index in [-0.39, 0.29) is 5.91 Å². The number of carbonyl (C=O) groups excluding carboxylic acids is 1. The van der Waals surface area contributed by atoms with E-state index in [1.54, 1.807) is 0 Å².